The fourth-order valence-electron chi connectivity index (χ4n) is 9.68. The van der Waals surface area contributed by atoms with E-state index in [1.54, 1.807) is 0 Å². The molecule has 1 unspecified atom stereocenters. The minimum Gasteiger partial charge on any atom is -0.462 e. The van der Waals surface area contributed by atoms with Crippen molar-refractivity contribution in [2.75, 3.05) is 13.2 Å². The van der Waals surface area contributed by atoms with Crippen molar-refractivity contribution in [1.29, 1.82) is 0 Å². The van der Waals surface area contributed by atoms with E-state index in [0.717, 1.165) is 64.2 Å². The van der Waals surface area contributed by atoms with Gasteiger partial charge in [-0.05, 0) is 19.3 Å². The second-order valence-electron chi connectivity index (χ2n) is 21.3. The van der Waals surface area contributed by atoms with Gasteiger partial charge < -0.3 is 14.2 Å². The van der Waals surface area contributed by atoms with Crippen LogP contribution in [0.15, 0.2) is 0 Å². The number of hydrogen-bond acceptors (Lipinski definition) is 6. The highest BCUT2D eigenvalue weighted by Gasteiger charge is 2.19. The van der Waals surface area contributed by atoms with Crippen LogP contribution in [0.1, 0.15) is 361 Å². The van der Waals surface area contributed by atoms with E-state index in [9.17, 15) is 14.4 Å². The molecule has 0 bridgehead atoms. The minimum atomic E-state index is -0.759. The summed E-state index contributed by atoms with van der Waals surface area (Å²) in [6.45, 7) is 6.63. The summed E-state index contributed by atoms with van der Waals surface area (Å²) in [5.74, 6) is -0.849. The first-order chi connectivity index (χ1) is 33.5. The molecule has 6 heteroatoms. The standard InChI is InChI=1S/C62H120O6/c1-4-7-10-13-15-17-19-21-23-25-27-28-29-30-31-32-33-34-35-37-38-40-42-44-46-49-52-55-61(64)67-58-59(57-66-60(63)54-51-48-12-9-6-3)68-62(65)56-53-50-47-45-43-41-39-36-26-24-22-20-18-16-14-11-8-5-2/h59H,4-58H2,1-3H3. The lowest BCUT2D eigenvalue weighted by Gasteiger charge is -2.18. The second-order valence-corrected chi connectivity index (χ2v) is 21.3. The molecular weight excluding hydrogens is 841 g/mol. The van der Waals surface area contributed by atoms with E-state index in [1.165, 1.54) is 257 Å². The molecule has 0 spiro atoms. The maximum absolute atomic E-state index is 12.8. The van der Waals surface area contributed by atoms with Crippen LogP contribution in [0, 0.1) is 0 Å². The van der Waals surface area contributed by atoms with E-state index < -0.39 is 6.10 Å². The quantitative estimate of drug-likeness (QED) is 0.0343. The third-order valence-electron chi connectivity index (χ3n) is 14.4. The van der Waals surface area contributed by atoms with Crippen LogP contribution in [-0.2, 0) is 28.6 Å². The van der Waals surface area contributed by atoms with Crippen molar-refractivity contribution in [3.05, 3.63) is 0 Å². The average molecular weight is 962 g/mol. The van der Waals surface area contributed by atoms with Gasteiger partial charge in [-0.3, -0.25) is 14.4 Å². The van der Waals surface area contributed by atoms with Gasteiger partial charge in [-0.15, -0.1) is 0 Å². The predicted octanol–water partition coefficient (Wildman–Crippen LogP) is 20.7. The van der Waals surface area contributed by atoms with Gasteiger partial charge in [0.25, 0.3) is 0 Å². The number of ether oxygens (including phenoxy) is 3. The summed E-state index contributed by atoms with van der Waals surface area (Å²) < 4.78 is 16.8. The van der Waals surface area contributed by atoms with Crippen molar-refractivity contribution < 1.29 is 28.6 Å². The van der Waals surface area contributed by atoms with E-state index in [1.807, 2.05) is 0 Å². The Morgan fingerprint density at radius 2 is 0.397 bits per heavy atom. The Balaban J connectivity index is 3.94. The molecule has 0 aromatic heterocycles. The Labute approximate surface area is 425 Å². The lowest BCUT2D eigenvalue weighted by Crippen LogP contribution is -2.30. The normalized spacial score (nSPS) is 11.9. The topological polar surface area (TPSA) is 78.9 Å². The Morgan fingerprint density at radius 3 is 0.588 bits per heavy atom. The first-order valence-corrected chi connectivity index (χ1v) is 31.0. The number of carbonyl (C=O) groups excluding carboxylic acids is 3. The van der Waals surface area contributed by atoms with Gasteiger partial charge in [0.15, 0.2) is 6.10 Å². The van der Waals surface area contributed by atoms with Gasteiger partial charge >= 0.3 is 17.9 Å². The van der Waals surface area contributed by atoms with Crippen LogP contribution in [0.3, 0.4) is 0 Å². The molecule has 0 heterocycles. The van der Waals surface area contributed by atoms with Crippen LogP contribution in [0.25, 0.3) is 0 Å². The largest absolute Gasteiger partial charge is 0.462 e. The van der Waals surface area contributed by atoms with Gasteiger partial charge in [-0.25, -0.2) is 0 Å². The zero-order chi connectivity index (χ0) is 49.3. The Kier molecular flexibility index (Phi) is 56.6. The highest BCUT2D eigenvalue weighted by atomic mass is 16.6. The fraction of sp³-hybridized carbons (Fsp3) is 0.952. The van der Waals surface area contributed by atoms with Crippen LogP contribution in [0.2, 0.25) is 0 Å². The smallest absolute Gasteiger partial charge is 0.306 e. The highest BCUT2D eigenvalue weighted by molar-refractivity contribution is 5.71. The molecule has 1 atom stereocenters. The molecule has 68 heavy (non-hydrogen) atoms. The van der Waals surface area contributed by atoms with Crippen LogP contribution in [0.4, 0.5) is 0 Å². The molecule has 0 fully saturated rings. The number of rotatable bonds is 58. The summed E-state index contributed by atoms with van der Waals surface area (Å²) in [4.78, 5) is 37.8. The SMILES string of the molecule is CCCCCCCCCCCCCCCCCCCCCCCCCCCCCC(=O)OCC(COC(=O)CCCCCCC)OC(=O)CCCCCCCCCCCCCCCCCCCC. The van der Waals surface area contributed by atoms with Crippen molar-refractivity contribution in [2.45, 2.75) is 367 Å². The highest BCUT2D eigenvalue weighted by Crippen LogP contribution is 2.18. The fourth-order valence-corrected chi connectivity index (χ4v) is 9.68. The van der Waals surface area contributed by atoms with Crippen molar-refractivity contribution in [3.63, 3.8) is 0 Å². The summed E-state index contributed by atoms with van der Waals surface area (Å²) in [6.07, 6.45) is 65.9. The molecule has 0 aliphatic carbocycles. The van der Waals surface area contributed by atoms with Crippen molar-refractivity contribution in [1.82, 2.24) is 0 Å². The molecule has 0 rings (SSSR count). The lowest BCUT2D eigenvalue weighted by atomic mass is 10.0. The van der Waals surface area contributed by atoms with Gasteiger partial charge in [0.05, 0.1) is 0 Å². The van der Waals surface area contributed by atoms with Crippen LogP contribution in [0.5, 0.6) is 0 Å². The molecule has 0 aromatic rings. The molecule has 0 saturated heterocycles. The number of esters is 3. The van der Waals surface area contributed by atoms with Crippen LogP contribution in [-0.4, -0.2) is 37.2 Å². The average Bonchev–Trinajstić information content (AvgIpc) is 3.34. The molecule has 404 valence electrons. The second kappa shape index (κ2) is 58.0. The van der Waals surface area contributed by atoms with Crippen molar-refractivity contribution >= 4 is 17.9 Å². The molecule has 0 aliphatic heterocycles. The van der Waals surface area contributed by atoms with Gasteiger partial charge in [-0.2, -0.15) is 0 Å². The summed E-state index contributed by atoms with van der Waals surface area (Å²) in [5, 5.41) is 0. The lowest BCUT2D eigenvalue weighted by molar-refractivity contribution is -0.167. The van der Waals surface area contributed by atoms with Gasteiger partial charge in [0.2, 0.25) is 0 Å². The van der Waals surface area contributed by atoms with Gasteiger partial charge in [0.1, 0.15) is 13.2 Å². The minimum absolute atomic E-state index is 0.0625. The summed E-state index contributed by atoms with van der Waals surface area (Å²) in [6, 6.07) is 0. The third kappa shape index (κ3) is 55.3. The molecule has 0 saturated carbocycles. The maximum atomic E-state index is 12.8. The van der Waals surface area contributed by atoms with E-state index in [-0.39, 0.29) is 31.1 Å². The number of unbranched alkanes of at least 4 members (excludes halogenated alkanes) is 47. The van der Waals surface area contributed by atoms with Gasteiger partial charge in [0, 0.05) is 19.3 Å². The number of hydrogen-bond donors (Lipinski definition) is 0. The van der Waals surface area contributed by atoms with Crippen LogP contribution >= 0.6 is 0 Å². The van der Waals surface area contributed by atoms with E-state index in [2.05, 4.69) is 20.8 Å². The molecular formula is C62H120O6. The summed E-state index contributed by atoms with van der Waals surface area (Å²) in [5.41, 5.74) is 0. The third-order valence-corrected chi connectivity index (χ3v) is 14.4. The molecule has 0 N–H and O–H groups in total. The first-order valence-electron chi connectivity index (χ1n) is 31.0. The summed E-state index contributed by atoms with van der Waals surface area (Å²) >= 11 is 0. The van der Waals surface area contributed by atoms with E-state index >= 15 is 0 Å². The van der Waals surface area contributed by atoms with Crippen molar-refractivity contribution in [3.8, 4) is 0 Å². The molecule has 0 radical (unpaired) electrons. The zero-order valence-corrected chi connectivity index (χ0v) is 46.4. The zero-order valence-electron chi connectivity index (χ0n) is 46.4. The van der Waals surface area contributed by atoms with Gasteiger partial charge in [-0.1, -0.05) is 323 Å². The Bertz CT molecular complexity index is 1010. The molecule has 6 nitrogen and oxygen atoms in total. The van der Waals surface area contributed by atoms with Crippen LogP contribution < -0.4 is 0 Å². The maximum Gasteiger partial charge on any atom is 0.306 e. The number of carbonyl (C=O) groups is 3. The Hall–Kier alpha value is -1.59. The molecule has 0 amide bonds. The predicted molar refractivity (Wildman–Crippen MR) is 294 cm³/mol. The first kappa shape index (κ1) is 66.4. The van der Waals surface area contributed by atoms with Crippen molar-refractivity contribution in [2.24, 2.45) is 0 Å². The molecule has 0 aromatic carbocycles. The van der Waals surface area contributed by atoms with E-state index in [0.29, 0.717) is 19.3 Å². The monoisotopic (exact) mass is 961 g/mol. The summed E-state index contributed by atoms with van der Waals surface area (Å²) in [7, 11) is 0. The van der Waals surface area contributed by atoms with E-state index in [4.69, 9.17) is 14.2 Å². The molecule has 0 aliphatic rings. The Morgan fingerprint density at radius 1 is 0.235 bits per heavy atom.